The molecule has 3 rings (SSSR count). The fourth-order valence-electron chi connectivity index (χ4n) is 2.44. The normalized spacial score (nSPS) is 11.0. The van der Waals surface area contributed by atoms with Crippen LogP contribution in [0.15, 0.2) is 28.7 Å². The van der Waals surface area contributed by atoms with E-state index in [0.29, 0.717) is 33.1 Å². The lowest BCUT2D eigenvalue weighted by molar-refractivity contribution is 0.0736. The van der Waals surface area contributed by atoms with Crippen molar-refractivity contribution in [2.75, 3.05) is 0 Å². The molecular weight excluding hydrogens is 382 g/mol. The van der Waals surface area contributed by atoms with Gasteiger partial charge in [-0.25, -0.2) is 9.78 Å². The van der Waals surface area contributed by atoms with Crippen molar-refractivity contribution in [3.63, 3.8) is 0 Å². The molecule has 0 N–H and O–H groups in total. The number of pyridine rings is 1. The van der Waals surface area contributed by atoms with Crippen molar-refractivity contribution in [2.24, 2.45) is 7.05 Å². The summed E-state index contributed by atoms with van der Waals surface area (Å²) < 4.78 is 7.92. The van der Waals surface area contributed by atoms with E-state index in [1.165, 1.54) is 0 Å². The molecule has 0 aliphatic carbocycles. The number of ether oxygens (including phenoxy) is 1. The van der Waals surface area contributed by atoms with Crippen molar-refractivity contribution in [3.8, 4) is 5.75 Å². The van der Waals surface area contributed by atoms with Crippen LogP contribution in [-0.4, -0.2) is 20.7 Å². The Labute approximate surface area is 146 Å². The minimum Gasteiger partial charge on any atom is -0.421 e. The van der Waals surface area contributed by atoms with Gasteiger partial charge in [0.25, 0.3) is 0 Å². The lowest BCUT2D eigenvalue weighted by atomic mass is 10.1. The Morgan fingerprint density at radius 1 is 1.30 bits per heavy atom. The largest absolute Gasteiger partial charge is 0.421 e. The maximum absolute atomic E-state index is 12.6. The number of carbonyl (C=O) groups excluding carboxylic acids is 1. The van der Waals surface area contributed by atoms with Gasteiger partial charge < -0.3 is 4.74 Å². The maximum atomic E-state index is 12.6. The zero-order valence-electron chi connectivity index (χ0n) is 12.7. The minimum atomic E-state index is -0.485. The van der Waals surface area contributed by atoms with Gasteiger partial charge in [0.2, 0.25) is 0 Å². The van der Waals surface area contributed by atoms with Crippen LogP contribution in [0.25, 0.3) is 11.0 Å². The van der Waals surface area contributed by atoms with E-state index in [-0.39, 0.29) is 0 Å². The summed E-state index contributed by atoms with van der Waals surface area (Å²) >= 11 is 9.43. The Morgan fingerprint density at radius 3 is 2.74 bits per heavy atom. The fourth-order valence-corrected chi connectivity index (χ4v) is 3.16. The average molecular weight is 395 g/mol. The van der Waals surface area contributed by atoms with Gasteiger partial charge in [-0.3, -0.25) is 4.68 Å². The van der Waals surface area contributed by atoms with E-state index in [9.17, 15) is 4.79 Å². The first-order valence-electron chi connectivity index (χ1n) is 6.85. The molecule has 118 valence electrons. The van der Waals surface area contributed by atoms with E-state index in [1.807, 2.05) is 13.8 Å². The molecule has 1 aromatic carbocycles. The van der Waals surface area contributed by atoms with E-state index in [0.717, 1.165) is 10.2 Å². The molecule has 0 fully saturated rings. The van der Waals surface area contributed by atoms with Gasteiger partial charge in [-0.2, -0.15) is 5.10 Å². The molecule has 2 heterocycles. The Morgan fingerprint density at radius 2 is 2.04 bits per heavy atom. The number of fused-ring (bicyclic) bond motifs is 1. The highest BCUT2D eigenvalue weighted by molar-refractivity contribution is 9.10. The third kappa shape index (κ3) is 2.96. The molecule has 0 aliphatic rings. The summed E-state index contributed by atoms with van der Waals surface area (Å²) in [6, 6.07) is 6.78. The lowest BCUT2D eigenvalue weighted by Gasteiger charge is -2.08. The van der Waals surface area contributed by atoms with Gasteiger partial charge in [0, 0.05) is 17.2 Å². The zero-order valence-corrected chi connectivity index (χ0v) is 15.1. The van der Waals surface area contributed by atoms with Crippen molar-refractivity contribution < 1.29 is 9.53 Å². The molecule has 23 heavy (non-hydrogen) atoms. The number of aryl methyl sites for hydroxylation is 3. The highest BCUT2D eigenvalue weighted by Crippen LogP contribution is 2.29. The molecule has 5 nitrogen and oxygen atoms in total. The molecule has 0 saturated heterocycles. The van der Waals surface area contributed by atoms with Crippen LogP contribution in [0, 0.1) is 13.8 Å². The summed E-state index contributed by atoms with van der Waals surface area (Å²) in [6.45, 7) is 3.66. The Hall–Kier alpha value is -1.92. The maximum Gasteiger partial charge on any atom is 0.344 e. The molecule has 0 radical (unpaired) electrons. The molecule has 0 spiro atoms. The number of halogens is 2. The van der Waals surface area contributed by atoms with Gasteiger partial charge >= 0.3 is 5.97 Å². The van der Waals surface area contributed by atoms with Crippen molar-refractivity contribution in [1.29, 1.82) is 0 Å². The Balaban J connectivity index is 2.07. The van der Waals surface area contributed by atoms with Gasteiger partial charge in [0.05, 0.1) is 21.7 Å². The van der Waals surface area contributed by atoms with Crippen molar-refractivity contribution in [2.45, 2.75) is 13.8 Å². The first-order valence-corrected chi connectivity index (χ1v) is 8.02. The van der Waals surface area contributed by atoms with E-state index in [1.54, 1.807) is 36.0 Å². The van der Waals surface area contributed by atoms with Crippen LogP contribution in [-0.2, 0) is 7.05 Å². The fraction of sp³-hybridized carbons (Fsp3) is 0.188. The molecule has 7 heteroatoms. The average Bonchev–Trinajstić information content (AvgIpc) is 2.76. The number of hydrogen-bond acceptors (Lipinski definition) is 4. The molecule has 0 unspecified atom stereocenters. The number of esters is 1. The predicted octanol–water partition coefficient (Wildman–Crippen LogP) is 4.22. The SMILES string of the molecule is Cc1cc(C(=O)Oc2ccc(Br)cc2Cl)c2c(C)nn(C)c2n1. The van der Waals surface area contributed by atoms with Gasteiger partial charge in [0.1, 0.15) is 5.75 Å². The van der Waals surface area contributed by atoms with Gasteiger partial charge in [-0.1, -0.05) is 27.5 Å². The first kappa shape index (κ1) is 16.0. The summed E-state index contributed by atoms with van der Waals surface area (Å²) in [4.78, 5) is 17.1. The summed E-state index contributed by atoms with van der Waals surface area (Å²) in [5.74, 6) is -0.176. The van der Waals surface area contributed by atoms with E-state index >= 15 is 0 Å². The molecular formula is C16H13BrClN3O2. The molecule has 0 atom stereocenters. The highest BCUT2D eigenvalue weighted by atomic mass is 79.9. The number of hydrogen-bond donors (Lipinski definition) is 0. The van der Waals surface area contributed by atoms with E-state index < -0.39 is 5.97 Å². The first-order chi connectivity index (χ1) is 10.9. The quantitative estimate of drug-likeness (QED) is 0.482. The molecule has 2 aromatic heterocycles. The van der Waals surface area contributed by atoms with Gasteiger partial charge in [-0.05, 0) is 38.1 Å². The second-order valence-corrected chi connectivity index (χ2v) is 6.51. The summed E-state index contributed by atoms with van der Waals surface area (Å²) in [5, 5.41) is 5.37. The zero-order chi connectivity index (χ0) is 16.7. The van der Waals surface area contributed by atoms with Crippen molar-refractivity contribution in [3.05, 3.63) is 50.7 Å². The number of carbonyl (C=O) groups is 1. The third-order valence-corrected chi connectivity index (χ3v) is 4.20. The Kier molecular flexibility index (Phi) is 4.12. The third-order valence-electron chi connectivity index (χ3n) is 3.41. The summed E-state index contributed by atoms with van der Waals surface area (Å²) in [5.41, 5.74) is 2.52. The van der Waals surface area contributed by atoms with Crippen LogP contribution in [0.2, 0.25) is 5.02 Å². The number of benzene rings is 1. The second kappa shape index (κ2) is 5.94. The summed E-state index contributed by atoms with van der Waals surface area (Å²) in [6.07, 6.45) is 0. The van der Waals surface area contributed by atoms with E-state index in [4.69, 9.17) is 16.3 Å². The predicted molar refractivity (Wildman–Crippen MR) is 92.1 cm³/mol. The molecule has 0 saturated carbocycles. The molecule has 0 amide bonds. The van der Waals surface area contributed by atoms with Crippen LogP contribution in [0.5, 0.6) is 5.75 Å². The second-order valence-electron chi connectivity index (χ2n) is 5.18. The number of rotatable bonds is 2. The van der Waals surface area contributed by atoms with Crippen LogP contribution in [0.4, 0.5) is 0 Å². The van der Waals surface area contributed by atoms with Crippen LogP contribution >= 0.6 is 27.5 Å². The number of aromatic nitrogens is 3. The van der Waals surface area contributed by atoms with E-state index in [2.05, 4.69) is 26.0 Å². The smallest absolute Gasteiger partial charge is 0.344 e. The van der Waals surface area contributed by atoms with Crippen molar-refractivity contribution >= 4 is 44.5 Å². The number of nitrogens with zero attached hydrogens (tertiary/aromatic N) is 3. The summed E-state index contributed by atoms with van der Waals surface area (Å²) in [7, 11) is 1.79. The molecule has 0 bridgehead atoms. The standard InChI is InChI=1S/C16H13BrClN3O2/c1-8-6-11(14-9(2)20-21(3)15(14)19-8)16(22)23-13-5-4-10(17)7-12(13)18/h4-7H,1-3H3. The Bertz CT molecular complexity index is 937. The van der Waals surface area contributed by atoms with Crippen molar-refractivity contribution in [1.82, 2.24) is 14.8 Å². The molecule has 0 aliphatic heterocycles. The minimum absolute atomic E-state index is 0.309. The van der Waals surface area contributed by atoms with Crippen LogP contribution in [0.3, 0.4) is 0 Å². The van der Waals surface area contributed by atoms with Gasteiger partial charge in [-0.15, -0.1) is 0 Å². The highest BCUT2D eigenvalue weighted by Gasteiger charge is 2.20. The monoisotopic (exact) mass is 393 g/mol. The van der Waals surface area contributed by atoms with Gasteiger partial charge in [0.15, 0.2) is 5.65 Å². The topological polar surface area (TPSA) is 57.0 Å². The van der Waals surface area contributed by atoms with Crippen LogP contribution < -0.4 is 4.74 Å². The lowest BCUT2D eigenvalue weighted by Crippen LogP contribution is -2.10. The van der Waals surface area contributed by atoms with Crippen LogP contribution in [0.1, 0.15) is 21.7 Å². The molecule has 3 aromatic rings.